The minimum atomic E-state index is -1.22. The highest BCUT2D eigenvalue weighted by Crippen LogP contribution is 2.44. The van der Waals surface area contributed by atoms with Crippen molar-refractivity contribution < 1.29 is 38.0 Å². The molecule has 1 radical (unpaired) electrons. The molecule has 7 rings (SSSR count). The van der Waals surface area contributed by atoms with E-state index in [0.717, 1.165) is 16.7 Å². The first-order valence-electron chi connectivity index (χ1n) is 19.4. The molecule has 18 nitrogen and oxygen atoms in total. The minimum absolute atomic E-state index is 0.00170. The second-order valence-electron chi connectivity index (χ2n) is 14.3. The van der Waals surface area contributed by atoms with Gasteiger partial charge in [0.15, 0.2) is 12.5 Å². The van der Waals surface area contributed by atoms with Crippen LogP contribution in [0.15, 0.2) is 123 Å². The van der Waals surface area contributed by atoms with E-state index in [1.54, 1.807) is 20.6 Å². The van der Waals surface area contributed by atoms with Gasteiger partial charge in [-0.1, -0.05) is 54.6 Å². The largest absolute Gasteiger partial charge is 0.497 e. The molecular formula is C43H47N6O12. The summed E-state index contributed by atoms with van der Waals surface area (Å²) in [7, 11) is 6.11. The molecule has 0 saturated carbocycles. The lowest BCUT2D eigenvalue weighted by Crippen LogP contribution is -2.46. The van der Waals surface area contributed by atoms with Gasteiger partial charge in [0, 0.05) is 64.2 Å². The SMILES string of the molecule is COc1ccc(C(OC[C@H]2O[C@@H](n3ccc(=O)[nH]c3=O)[C@H](OC)[C@@H]2CNC(=O)NC[C@H]2[CH][C@@H](OC)[C@H](n3ccc(=O)[nH]c3=O)O2)(c2ccccc2)c2ccc(OC)cc2)cc1. The zero-order chi connectivity index (χ0) is 43.1. The number of methoxy groups -OCH3 is 4. The average molecular weight is 840 g/mol. The molecule has 2 amide bonds. The highest BCUT2D eigenvalue weighted by Gasteiger charge is 2.48. The molecule has 2 aliphatic rings. The van der Waals surface area contributed by atoms with Crippen LogP contribution in [0.4, 0.5) is 4.79 Å². The van der Waals surface area contributed by atoms with E-state index in [1.807, 2.05) is 78.9 Å². The number of carbonyl (C=O) groups is 1. The Bertz CT molecular complexity index is 2440. The monoisotopic (exact) mass is 839 g/mol. The van der Waals surface area contributed by atoms with Crippen LogP contribution in [0.2, 0.25) is 0 Å². The van der Waals surface area contributed by atoms with E-state index < -0.39 is 76.9 Å². The number of H-pyrrole nitrogens is 2. The summed E-state index contributed by atoms with van der Waals surface area (Å²) < 4.78 is 44.7. The fourth-order valence-electron chi connectivity index (χ4n) is 7.85. The van der Waals surface area contributed by atoms with Crippen LogP contribution >= 0.6 is 0 Å². The van der Waals surface area contributed by atoms with Crippen molar-refractivity contribution >= 4 is 6.03 Å². The predicted octanol–water partition coefficient (Wildman–Crippen LogP) is 2.06. The van der Waals surface area contributed by atoms with Crippen LogP contribution in [0, 0.1) is 12.3 Å². The van der Waals surface area contributed by atoms with Gasteiger partial charge >= 0.3 is 17.4 Å². The Labute approximate surface area is 349 Å². The summed E-state index contributed by atoms with van der Waals surface area (Å²) in [5, 5.41) is 5.70. The quantitative estimate of drug-likeness (QED) is 0.105. The number of nitrogens with zero attached hydrogens (tertiary/aromatic N) is 2. The van der Waals surface area contributed by atoms with Crippen molar-refractivity contribution in [3.8, 4) is 11.5 Å². The van der Waals surface area contributed by atoms with Crippen LogP contribution in [0.25, 0.3) is 0 Å². The number of urea groups is 1. The topological polar surface area (TPSA) is 215 Å². The van der Waals surface area contributed by atoms with E-state index in [9.17, 15) is 24.0 Å². The van der Waals surface area contributed by atoms with Gasteiger partial charge in [-0.15, -0.1) is 0 Å². The molecule has 2 fully saturated rings. The van der Waals surface area contributed by atoms with Gasteiger partial charge in [0.2, 0.25) is 0 Å². The van der Waals surface area contributed by atoms with Crippen molar-refractivity contribution in [2.24, 2.45) is 5.92 Å². The predicted molar refractivity (Wildman–Crippen MR) is 220 cm³/mol. The maximum atomic E-state index is 13.4. The second kappa shape index (κ2) is 18.9. The third-order valence-electron chi connectivity index (χ3n) is 10.9. The molecular weight excluding hydrogens is 793 g/mol. The molecule has 2 aliphatic heterocycles. The van der Waals surface area contributed by atoms with E-state index in [2.05, 4.69) is 20.6 Å². The first-order chi connectivity index (χ1) is 29.6. The molecule has 61 heavy (non-hydrogen) atoms. The Morgan fingerprint density at radius 2 is 1.21 bits per heavy atom. The van der Waals surface area contributed by atoms with Crippen LogP contribution < -0.4 is 42.6 Å². The zero-order valence-corrected chi connectivity index (χ0v) is 33.8. The highest BCUT2D eigenvalue weighted by atomic mass is 16.6. The number of carbonyl (C=O) groups excluding carboxylic acids is 1. The maximum absolute atomic E-state index is 13.4. The van der Waals surface area contributed by atoms with Gasteiger partial charge in [0.25, 0.3) is 11.1 Å². The number of hydrogen-bond acceptors (Lipinski definition) is 12. The molecule has 0 bridgehead atoms. The normalized spacial score (nSPS) is 22.5. The summed E-state index contributed by atoms with van der Waals surface area (Å²) in [5.41, 5.74) is -1.35. The lowest BCUT2D eigenvalue weighted by atomic mass is 9.80. The van der Waals surface area contributed by atoms with Crippen LogP contribution in [0.5, 0.6) is 11.5 Å². The molecule has 321 valence electrons. The Hall–Kier alpha value is -6.31. The second-order valence-corrected chi connectivity index (χ2v) is 14.3. The number of aromatic nitrogens is 4. The van der Waals surface area contributed by atoms with Gasteiger partial charge in [0.1, 0.15) is 29.3 Å². The number of rotatable bonds is 16. The molecule has 2 aromatic heterocycles. The summed E-state index contributed by atoms with van der Waals surface area (Å²) >= 11 is 0. The maximum Gasteiger partial charge on any atom is 0.330 e. The van der Waals surface area contributed by atoms with Crippen LogP contribution in [0.3, 0.4) is 0 Å². The van der Waals surface area contributed by atoms with Crippen LogP contribution in [-0.4, -0.2) is 97.7 Å². The van der Waals surface area contributed by atoms with Gasteiger partial charge in [-0.2, -0.15) is 0 Å². The fraction of sp³-hybridized carbons (Fsp3) is 0.349. The van der Waals surface area contributed by atoms with Crippen LogP contribution in [-0.2, 0) is 29.3 Å². The third-order valence-corrected chi connectivity index (χ3v) is 10.9. The molecule has 0 aliphatic carbocycles. The molecule has 7 atom stereocenters. The van der Waals surface area contributed by atoms with Crippen molar-refractivity contribution in [3.05, 3.63) is 168 Å². The van der Waals surface area contributed by atoms with Crippen molar-refractivity contribution in [1.29, 1.82) is 0 Å². The highest BCUT2D eigenvalue weighted by molar-refractivity contribution is 5.73. The van der Waals surface area contributed by atoms with E-state index >= 15 is 0 Å². The third kappa shape index (κ3) is 9.08. The van der Waals surface area contributed by atoms with Gasteiger partial charge in [-0.05, 0) is 41.0 Å². The molecule has 4 heterocycles. The molecule has 2 saturated heterocycles. The lowest BCUT2D eigenvalue weighted by molar-refractivity contribution is -0.0928. The average Bonchev–Trinajstić information content (AvgIpc) is 3.86. The van der Waals surface area contributed by atoms with Crippen molar-refractivity contribution in [3.63, 3.8) is 0 Å². The van der Waals surface area contributed by atoms with Gasteiger partial charge in [0.05, 0.1) is 33.0 Å². The van der Waals surface area contributed by atoms with Crippen molar-refractivity contribution in [2.45, 2.75) is 42.5 Å². The lowest BCUT2D eigenvalue weighted by Gasteiger charge is -2.37. The number of aromatic amines is 2. The molecule has 0 spiro atoms. The summed E-state index contributed by atoms with van der Waals surface area (Å²) in [6.07, 6.45) is -0.446. The number of benzene rings is 3. The van der Waals surface area contributed by atoms with E-state index in [0.29, 0.717) is 11.5 Å². The van der Waals surface area contributed by atoms with E-state index in [1.165, 1.54) is 47.9 Å². The Kier molecular flexibility index (Phi) is 13.3. The van der Waals surface area contributed by atoms with Gasteiger partial charge < -0.3 is 43.8 Å². The molecule has 0 unspecified atom stereocenters. The standard InChI is InChI=1S/C43H47N6O12/c1-55-29-14-10-27(11-15-29)43(26-8-6-5-7-9-26,28-12-16-30(56-2)17-13-28)59-25-34-32(37(58-4)39(61-34)49-21-19-36(51)47-42(49)54)24-45-40(52)44-23-31-22-33(57-3)38(60-31)48-20-18-35(50)46-41(48)53/h5-22,31-34,37-39H,23-25H2,1-4H3,(H2,44,45,52)(H,46,50,53)(H,47,51,54)/t31-,32-,33-,34-,37-,38-,39-/m1/s1. The summed E-state index contributed by atoms with van der Waals surface area (Å²) in [4.78, 5) is 67.2. The number of amides is 2. The van der Waals surface area contributed by atoms with E-state index in [4.69, 9.17) is 33.2 Å². The van der Waals surface area contributed by atoms with Gasteiger partial charge in [-0.3, -0.25) is 28.7 Å². The molecule has 5 aromatic rings. The number of hydrogen-bond donors (Lipinski definition) is 4. The molecule has 3 aromatic carbocycles. The molecule has 18 heteroatoms. The Balaban J connectivity index is 1.16. The summed E-state index contributed by atoms with van der Waals surface area (Å²) in [5.74, 6) is 0.700. The zero-order valence-electron chi connectivity index (χ0n) is 33.8. The van der Waals surface area contributed by atoms with E-state index in [-0.39, 0.29) is 19.7 Å². The van der Waals surface area contributed by atoms with Crippen LogP contribution in [0.1, 0.15) is 29.1 Å². The number of nitrogens with one attached hydrogen (secondary N) is 4. The van der Waals surface area contributed by atoms with Gasteiger partial charge in [-0.25, -0.2) is 14.4 Å². The first-order valence-corrected chi connectivity index (χ1v) is 19.4. The first kappa shape index (κ1) is 42.8. The molecule has 4 N–H and O–H groups in total. The summed E-state index contributed by atoms with van der Waals surface area (Å²) in [6.45, 7) is -0.0493. The fourth-order valence-corrected chi connectivity index (χ4v) is 7.85. The Morgan fingerprint density at radius 3 is 1.74 bits per heavy atom. The van der Waals surface area contributed by atoms with Crippen molar-refractivity contribution in [2.75, 3.05) is 48.1 Å². The van der Waals surface area contributed by atoms with Crippen molar-refractivity contribution in [1.82, 2.24) is 29.7 Å². The Morgan fingerprint density at radius 1 is 0.672 bits per heavy atom. The minimum Gasteiger partial charge on any atom is -0.497 e. The smallest absolute Gasteiger partial charge is 0.330 e. The number of ether oxygens (including phenoxy) is 7. The summed E-state index contributed by atoms with van der Waals surface area (Å²) in [6, 6.07) is 26.7.